The quantitative estimate of drug-likeness (QED) is 0.883. The van der Waals surface area contributed by atoms with E-state index in [0.717, 1.165) is 42.9 Å². The van der Waals surface area contributed by atoms with Crippen LogP contribution < -0.4 is 9.47 Å². The van der Waals surface area contributed by atoms with Crippen LogP contribution in [0.1, 0.15) is 24.8 Å². The molecule has 19 heavy (non-hydrogen) atoms. The standard InChI is InChI=1S/C15H20O4/c1-17-13-3-2-11(9-15(16)5-6-15)8-14(13)19-12-4-7-18-10-12/h2-3,8,12,16H,4-7,9-10H2,1H3. The predicted octanol–water partition coefficient (Wildman–Crippen LogP) is 1.93. The van der Waals surface area contributed by atoms with E-state index < -0.39 is 5.60 Å². The fourth-order valence-corrected chi connectivity index (χ4v) is 2.41. The number of hydrogen-bond donors (Lipinski definition) is 1. The van der Waals surface area contributed by atoms with Crippen molar-refractivity contribution in [1.82, 2.24) is 0 Å². The molecule has 0 spiro atoms. The summed E-state index contributed by atoms with van der Waals surface area (Å²) >= 11 is 0. The van der Waals surface area contributed by atoms with Gasteiger partial charge in [-0.25, -0.2) is 0 Å². The zero-order chi connectivity index (χ0) is 13.3. The third-order valence-corrected chi connectivity index (χ3v) is 3.77. The Bertz CT molecular complexity index is 447. The van der Waals surface area contributed by atoms with Crippen LogP contribution in [0.15, 0.2) is 18.2 Å². The molecule has 2 aliphatic rings. The van der Waals surface area contributed by atoms with E-state index in [4.69, 9.17) is 14.2 Å². The van der Waals surface area contributed by atoms with Crippen molar-refractivity contribution in [3.05, 3.63) is 23.8 Å². The lowest BCUT2D eigenvalue weighted by atomic mass is 10.1. The van der Waals surface area contributed by atoms with Crippen molar-refractivity contribution >= 4 is 0 Å². The van der Waals surface area contributed by atoms with Gasteiger partial charge in [0.15, 0.2) is 11.5 Å². The molecule has 4 heteroatoms. The molecular formula is C15H20O4. The van der Waals surface area contributed by atoms with Crippen molar-refractivity contribution in [2.24, 2.45) is 0 Å². The van der Waals surface area contributed by atoms with Gasteiger partial charge < -0.3 is 19.3 Å². The van der Waals surface area contributed by atoms with Gasteiger partial charge in [0.05, 0.1) is 25.9 Å². The van der Waals surface area contributed by atoms with Gasteiger partial charge >= 0.3 is 0 Å². The van der Waals surface area contributed by atoms with Crippen LogP contribution in [0.4, 0.5) is 0 Å². The fourth-order valence-electron chi connectivity index (χ4n) is 2.41. The lowest BCUT2D eigenvalue weighted by Crippen LogP contribution is -2.17. The monoisotopic (exact) mass is 264 g/mol. The van der Waals surface area contributed by atoms with E-state index in [1.54, 1.807) is 7.11 Å². The van der Waals surface area contributed by atoms with Crippen molar-refractivity contribution < 1.29 is 19.3 Å². The van der Waals surface area contributed by atoms with Gasteiger partial charge in [-0.15, -0.1) is 0 Å². The molecule has 0 amide bonds. The van der Waals surface area contributed by atoms with Crippen LogP contribution >= 0.6 is 0 Å². The van der Waals surface area contributed by atoms with Crippen LogP contribution in [0.5, 0.6) is 11.5 Å². The summed E-state index contributed by atoms with van der Waals surface area (Å²) in [5, 5.41) is 9.99. The second-order valence-corrected chi connectivity index (χ2v) is 5.49. The smallest absolute Gasteiger partial charge is 0.161 e. The summed E-state index contributed by atoms with van der Waals surface area (Å²) in [5.41, 5.74) is 0.609. The van der Waals surface area contributed by atoms with Gasteiger partial charge in [0, 0.05) is 12.8 Å². The normalized spacial score (nSPS) is 24.2. The largest absolute Gasteiger partial charge is 0.493 e. The number of ether oxygens (including phenoxy) is 3. The third kappa shape index (κ3) is 3.01. The summed E-state index contributed by atoms with van der Waals surface area (Å²) in [7, 11) is 1.64. The van der Waals surface area contributed by atoms with Gasteiger partial charge in [0.1, 0.15) is 6.10 Å². The fraction of sp³-hybridized carbons (Fsp3) is 0.600. The average molecular weight is 264 g/mol. The summed E-state index contributed by atoms with van der Waals surface area (Å²) in [5.74, 6) is 1.48. The second kappa shape index (κ2) is 5.02. The molecule has 4 nitrogen and oxygen atoms in total. The first-order valence-corrected chi connectivity index (χ1v) is 6.82. The summed E-state index contributed by atoms with van der Waals surface area (Å²) in [4.78, 5) is 0. The van der Waals surface area contributed by atoms with Crippen molar-refractivity contribution in [3.63, 3.8) is 0 Å². The highest BCUT2D eigenvalue weighted by Crippen LogP contribution is 2.40. The minimum Gasteiger partial charge on any atom is -0.493 e. The summed E-state index contributed by atoms with van der Waals surface area (Å²) in [6, 6.07) is 5.88. The maximum atomic E-state index is 9.99. The molecule has 1 N–H and O–H groups in total. The average Bonchev–Trinajstić information content (AvgIpc) is 2.91. The molecule has 0 radical (unpaired) electrons. The van der Waals surface area contributed by atoms with Crippen molar-refractivity contribution in [1.29, 1.82) is 0 Å². The molecular weight excluding hydrogens is 244 g/mol. The Morgan fingerprint density at radius 1 is 1.37 bits per heavy atom. The van der Waals surface area contributed by atoms with Gasteiger partial charge in [-0.2, -0.15) is 0 Å². The van der Waals surface area contributed by atoms with Crippen molar-refractivity contribution in [2.45, 2.75) is 37.4 Å². The van der Waals surface area contributed by atoms with E-state index >= 15 is 0 Å². The molecule has 1 aromatic rings. The van der Waals surface area contributed by atoms with Crippen LogP contribution in [-0.4, -0.2) is 37.1 Å². The maximum Gasteiger partial charge on any atom is 0.161 e. The van der Waals surface area contributed by atoms with Gasteiger partial charge in [0.2, 0.25) is 0 Å². The molecule has 0 bridgehead atoms. The molecule has 1 aromatic carbocycles. The van der Waals surface area contributed by atoms with E-state index in [1.807, 2.05) is 18.2 Å². The molecule has 1 aliphatic carbocycles. The Balaban J connectivity index is 1.76. The van der Waals surface area contributed by atoms with Crippen LogP contribution in [0.2, 0.25) is 0 Å². The first-order chi connectivity index (χ1) is 9.18. The predicted molar refractivity (Wildman–Crippen MR) is 70.7 cm³/mol. The second-order valence-electron chi connectivity index (χ2n) is 5.49. The lowest BCUT2D eigenvalue weighted by Gasteiger charge is -2.16. The Kier molecular flexibility index (Phi) is 3.37. The maximum absolute atomic E-state index is 9.99. The van der Waals surface area contributed by atoms with Crippen molar-refractivity contribution in [2.75, 3.05) is 20.3 Å². The molecule has 2 fully saturated rings. The molecule has 1 aliphatic heterocycles. The number of methoxy groups -OCH3 is 1. The Labute approximate surface area is 113 Å². The summed E-state index contributed by atoms with van der Waals surface area (Å²) in [6.45, 7) is 1.39. The molecule has 1 heterocycles. The molecule has 0 aromatic heterocycles. The minimum atomic E-state index is -0.484. The number of benzene rings is 1. The first-order valence-electron chi connectivity index (χ1n) is 6.82. The molecule has 1 saturated carbocycles. The minimum absolute atomic E-state index is 0.105. The Morgan fingerprint density at radius 2 is 2.21 bits per heavy atom. The summed E-state index contributed by atoms with van der Waals surface area (Å²) in [6.07, 6.45) is 3.50. The van der Waals surface area contributed by atoms with E-state index in [9.17, 15) is 5.11 Å². The molecule has 1 unspecified atom stereocenters. The molecule has 104 valence electrons. The van der Waals surface area contributed by atoms with Crippen LogP contribution in [0.3, 0.4) is 0 Å². The lowest BCUT2D eigenvalue weighted by molar-refractivity contribution is 0.138. The zero-order valence-electron chi connectivity index (χ0n) is 11.2. The van der Waals surface area contributed by atoms with Gasteiger partial charge in [-0.05, 0) is 30.5 Å². The van der Waals surface area contributed by atoms with E-state index in [-0.39, 0.29) is 6.10 Å². The number of rotatable bonds is 5. The Hall–Kier alpha value is -1.26. The molecule has 1 saturated heterocycles. The molecule has 1 atom stereocenters. The van der Waals surface area contributed by atoms with E-state index in [2.05, 4.69) is 0 Å². The zero-order valence-corrected chi connectivity index (χ0v) is 11.2. The highest BCUT2D eigenvalue weighted by Gasteiger charge is 2.40. The van der Waals surface area contributed by atoms with Gasteiger partial charge in [-0.1, -0.05) is 6.07 Å². The highest BCUT2D eigenvalue weighted by molar-refractivity contribution is 5.43. The van der Waals surface area contributed by atoms with Crippen LogP contribution in [0.25, 0.3) is 0 Å². The van der Waals surface area contributed by atoms with Crippen LogP contribution in [-0.2, 0) is 11.2 Å². The number of hydrogen-bond acceptors (Lipinski definition) is 4. The molecule has 3 rings (SSSR count). The van der Waals surface area contributed by atoms with E-state index in [0.29, 0.717) is 13.0 Å². The third-order valence-electron chi connectivity index (χ3n) is 3.77. The highest BCUT2D eigenvalue weighted by atomic mass is 16.6. The SMILES string of the molecule is COc1ccc(CC2(O)CC2)cc1OC1CCOC1. The van der Waals surface area contributed by atoms with Gasteiger partial charge in [-0.3, -0.25) is 0 Å². The van der Waals surface area contributed by atoms with Gasteiger partial charge in [0.25, 0.3) is 0 Å². The van der Waals surface area contributed by atoms with Crippen molar-refractivity contribution in [3.8, 4) is 11.5 Å². The summed E-state index contributed by atoms with van der Waals surface area (Å²) < 4.78 is 16.6. The van der Waals surface area contributed by atoms with Crippen LogP contribution in [0, 0.1) is 0 Å². The van der Waals surface area contributed by atoms with E-state index in [1.165, 1.54) is 0 Å². The number of aliphatic hydroxyl groups is 1. The Morgan fingerprint density at radius 3 is 2.84 bits per heavy atom. The first kappa shape index (κ1) is 12.8. The topological polar surface area (TPSA) is 47.9 Å².